The minimum atomic E-state index is -4.84. The number of ketones is 1. The maximum Gasteiger partial charge on any atom is 0.450 e. The number of nitrogens with one attached hydrogen (secondary N) is 1. The van der Waals surface area contributed by atoms with Crippen LogP contribution in [0.3, 0.4) is 0 Å². The molecule has 1 fully saturated rings. The third-order valence-corrected chi connectivity index (χ3v) is 4.70. The SMILES string of the molecule is O=C(C(F)(F)F)C12CNCC(C1)c1cc3nccnc3cc12. The van der Waals surface area contributed by atoms with Gasteiger partial charge in [-0.3, -0.25) is 14.8 Å². The van der Waals surface area contributed by atoms with Gasteiger partial charge in [0.2, 0.25) is 5.78 Å². The van der Waals surface area contributed by atoms with E-state index in [4.69, 9.17) is 0 Å². The van der Waals surface area contributed by atoms with Crippen molar-refractivity contribution in [2.24, 2.45) is 0 Å². The Hall–Kier alpha value is -2.02. The lowest BCUT2D eigenvalue weighted by Gasteiger charge is -2.33. The topological polar surface area (TPSA) is 54.9 Å². The van der Waals surface area contributed by atoms with Crippen molar-refractivity contribution in [1.82, 2.24) is 15.3 Å². The van der Waals surface area contributed by atoms with E-state index in [0.29, 0.717) is 23.1 Å². The second-order valence-electron chi connectivity index (χ2n) is 5.93. The Balaban J connectivity index is 1.97. The molecule has 2 unspecified atom stereocenters. The van der Waals surface area contributed by atoms with Crippen LogP contribution in [-0.2, 0) is 10.2 Å². The molecule has 2 aromatic rings. The summed E-state index contributed by atoms with van der Waals surface area (Å²) < 4.78 is 39.3. The fourth-order valence-corrected chi connectivity index (χ4v) is 3.80. The summed E-state index contributed by atoms with van der Waals surface area (Å²) in [6.45, 7) is 0.590. The van der Waals surface area contributed by atoms with Crippen LogP contribution >= 0.6 is 0 Å². The molecule has 1 N–H and O–H groups in total. The number of carbonyl (C=O) groups is 1. The Morgan fingerprint density at radius 1 is 1.23 bits per heavy atom. The molecule has 1 aliphatic heterocycles. The molecule has 2 aliphatic rings. The van der Waals surface area contributed by atoms with Gasteiger partial charge in [0.1, 0.15) is 0 Å². The van der Waals surface area contributed by atoms with Crippen LogP contribution in [-0.4, -0.2) is 35.0 Å². The zero-order valence-electron chi connectivity index (χ0n) is 11.4. The Morgan fingerprint density at radius 3 is 2.59 bits per heavy atom. The number of hydrogen-bond donors (Lipinski definition) is 1. The van der Waals surface area contributed by atoms with Gasteiger partial charge in [0.15, 0.2) is 0 Å². The summed E-state index contributed by atoms with van der Waals surface area (Å²) in [6.07, 6.45) is -1.61. The van der Waals surface area contributed by atoms with Gasteiger partial charge < -0.3 is 5.32 Å². The van der Waals surface area contributed by atoms with E-state index >= 15 is 0 Å². The van der Waals surface area contributed by atoms with Gasteiger partial charge in [-0.05, 0) is 35.6 Å². The Labute approximate surface area is 123 Å². The van der Waals surface area contributed by atoms with Crippen molar-refractivity contribution in [2.75, 3.05) is 13.1 Å². The van der Waals surface area contributed by atoms with Crippen LogP contribution in [0.2, 0.25) is 0 Å². The molecule has 2 atom stereocenters. The molecule has 1 aromatic heterocycles. The number of hydrogen-bond acceptors (Lipinski definition) is 4. The average molecular weight is 307 g/mol. The van der Waals surface area contributed by atoms with Crippen LogP contribution in [0.15, 0.2) is 24.5 Å². The van der Waals surface area contributed by atoms with Gasteiger partial charge in [0, 0.05) is 25.5 Å². The van der Waals surface area contributed by atoms with Crippen molar-refractivity contribution in [1.29, 1.82) is 0 Å². The molecule has 1 aliphatic carbocycles. The number of fused-ring (bicyclic) bond motifs is 6. The van der Waals surface area contributed by atoms with Gasteiger partial charge in [0.05, 0.1) is 16.4 Å². The minimum Gasteiger partial charge on any atom is -0.315 e. The number of Topliss-reactive ketones (excluding diaryl/α,β-unsaturated/α-hetero) is 1. The molecule has 22 heavy (non-hydrogen) atoms. The van der Waals surface area contributed by atoms with Crippen molar-refractivity contribution in [3.63, 3.8) is 0 Å². The number of benzene rings is 1. The third-order valence-electron chi connectivity index (χ3n) is 4.70. The third kappa shape index (κ3) is 1.71. The van der Waals surface area contributed by atoms with E-state index in [9.17, 15) is 18.0 Å². The Kier molecular flexibility index (Phi) is 2.64. The molecule has 2 bridgehead atoms. The molecule has 1 saturated heterocycles. The van der Waals surface area contributed by atoms with E-state index in [1.54, 1.807) is 18.3 Å². The summed E-state index contributed by atoms with van der Waals surface area (Å²) in [4.78, 5) is 20.4. The molecule has 114 valence electrons. The van der Waals surface area contributed by atoms with Crippen molar-refractivity contribution in [2.45, 2.75) is 23.9 Å². The van der Waals surface area contributed by atoms with E-state index in [0.717, 1.165) is 5.56 Å². The Bertz CT molecular complexity index is 789. The lowest BCUT2D eigenvalue weighted by atomic mass is 9.75. The summed E-state index contributed by atoms with van der Waals surface area (Å²) in [7, 11) is 0. The highest BCUT2D eigenvalue weighted by atomic mass is 19.4. The van der Waals surface area contributed by atoms with E-state index in [-0.39, 0.29) is 18.9 Å². The molecule has 0 radical (unpaired) electrons. The van der Waals surface area contributed by atoms with Gasteiger partial charge in [-0.15, -0.1) is 0 Å². The van der Waals surface area contributed by atoms with E-state index in [1.165, 1.54) is 6.20 Å². The molecular formula is C15H12F3N3O. The summed E-state index contributed by atoms with van der Waals surface area (Å²) in [5.74, 6) is -1.76. The van der Waals surface area contributed by atoms with E-state index in [1.807, 2.05) is 0 Å². The smallest absolute Gasteiger partial charge is 0.315 e. The van der Waals surface area contributed by atoms with Crippen LogP contribution in [0.1, 0.15) is 23.5 Å². The quantitative estimate of drug-likeness (QED) is 0.876. The van der Waals surface area contributed by atoms with Crippen LogP contribution in [0.25, 0.3) is 11.0 Å². The first-order chi connectivity index (χ1) is 10.4. The van der Waals surface area contributed by atoms with E-state index in [2.05, 4.69) is 15.3 Å². The predicted octanol–water partition coefficient (Wildman–Crippen LogP) is 2.09. The monoisotopic (exact) mass is 307 g/mol. The number of halogens is 3. The highest BCUT2D eigenvalue weighted by Gasteiger charge is 2.59. The van der Waals surface area contributed by atoms with Crippen molar-refractivity contribution in [3.8, 4) is 0 Å². The molecule has 1 aromatic carbocycles. The number of piperidine rings is 1. The molecule has 0 spiro atoms. The normalized spacial score (nSPS) is 27.0. The molecule has 0 amide bonds. The minimum absolute atomic E-state index is 0.0145. The molecular weight excluding hydrogens is 295 g/mol. The standard InChI is InChI=1S/C15H12F3N3O/c16-15(17,18)13(22)14-5-8(6-19-7-14)9-3-11-12(4-10(9)14)21-2-1-20-11/h1-4,8,19H,5-7H2. The fourth-order valence-electron chi connectivity index (χ4n) is 3.80. The maximum absolute atomic E-state index is 13.1. The number of nitrogens with zero attached hydrogens (tertiary/aromatic N) is 2. The lowest BCUT2D eigenvalue weighted by molar-refractivity contribution is -0.178. The molecule has 0 saturated carbocycles. The highest BCUT2D eigenvalue weighted by molar-refractivity contribution is 5.97. The number of carbonyl (C=O) groups excluding carboxylic acids is 1. The number of rotatable bonds is 1. The van der Waals surface area contributed by atoms with Crippen LogP contribution < -0.4 is 5.32 Å². The van der Waals surface area contributed by atoms with Crippen molar-refractivity contribution in [3.05, 3.63) is 35.7 Å². The second-order valence-corrected chi connectivity index (χ2v) is 5.93. The highest BCUT2D eigenvalue weighted by Crippen LogP contribution is 2.51. The predicted molar refractivity (Wildman–Crippen MR) is 72.5 cm³/mol. The van der Waals surface area contributed by atoms with Crippen LogP contribution in [0, 0.1) is 0 Å². The zero-order valence-corrected chi connectivity index (χ0v) is 11.4. The van der Waals surface area contributed by atoms with Crippen LogP contribution in [0.4, 0.5) is 13.2 Å². The van der Waals surface area contributed by atoms with Gasteiger partial charge in [-0.25, -0.2) is 0 Å². The molecule has 4 nitrogen and oxygen atoms in total. The van der Waals surface area contributed by atoms with E-state index < -0.39 is 17.4 Å². The van der Waals surface area contributed by atoms with Crippen LogP contribution in [0.5, 0.6) is 0 Å². The lowest BCUT2D eigenvalue weighted by Crippen LogP contribution is -2.52. The molecule has 7 heteroatoms. The van der Waals surface area contributed by atoms with Gasteiger partial charge in [-0.1, -0.05) is 0 Å². The van der Waals surface area contributed by atoms with Crippen molar-refractivity contribution >= 4 is 16.8 Å². The average Bonchev–Trinajstić information content (AvgIpc) is 2.72. The summed E-state index contributed by atoms with van der Waals surface area (Å²) in [5.41, 5.74) is 0.877. The second kappa shape index (κ2) is 4.25. The van der Waals surface area contributed by atoms with Gasteiger partial charge >= 0.3 is 6.18 Å². The number of alkyl halides is 3. The zero-order chi connectivity index (χ0) is 15.5. The maximum atomic E-state index is 13.1. The summed E-state index contributed by atoms with van der Waals surface area (Å²) in [6, 6.07) is 3.38. The molecule has 4 rings (SSSR count). The first-order valence-corrected chi connectivity index (χ1v) is 6.99. The summed E-state index contributed by atoms with van der Waals surface area (Å²) in [5, 5.41) is 2.98. The number of aromatic nitrogens is 2. The molecule has 2 heterocycles. The first-order valence-electron chi connectivity index (χ1n) is 6.99. The van der Waals surface area contributed by atoms with Gasteiger partial charge in [-0.2, -0.15) is 13.2 Å². The van der Waals surface area contributed by atoms with Crippen molar-refractivity contribution < 1.29 is 18.0 Å². The summed E-state index contributed by atoms with van der Waals surface area (Å²) >= 11 is 0. The first kappa shape index (κ1) is 13.6. The largest absolute Gasteiger partial charge is 0.450 e. The van der Waals surface area contributed by atoms with Gasteiger partial charge in [0.25, 0.3) is 0 Å². The Morgan fingerprint density at radius 2 is 1.91 bits per heavy atom. The fraction of sp³-hybridized carbons (Fsp3) is 0.400.